The summed E-state index contributed by atoms with van der Waals surface area (Å²) in [4.78, 5) is 14.9. The number of carbonyl (C=O) groups is 1. The van der Waals surface area contributed by atoms with Crippen molar-refractivity contribution in [3.05, 3.63) is 35.3 Å². The lowest BCUT2D eigenvalue weighted by Gasteiger charge is -2.00. The van der Waals surface area contributed by atoms with Crippen molar-refractivity contribution in [2.45, 2.75) is 0 Å². The predicted molar refractivity (Wildman–Crippen MR) is 58.6 cm³/mol. The lowest BCUT2D eigenvalue weighted by molar-refractivity contribution is -0.135. The van der Waals surface area contributed by atoms with Gasteiger partial charge in [-0.1, -0.05) is 11.6 Å². The molecule has 1 aromatic heterocycles. The molecule has 1 heterocycles. The molecule has 0 saturated heterocycles. The third-order valence-electron chi connectivity index (χ3n) is 1.64. The molecule has 1 N–H and O–H groups in total. The molecule has 5 nitrogen and oxygen atoms in total. The van der Waals surface area contributed by atoms with Crippen LogP contribution in [0.1, 0.15) is 0 Å². The van der Waals surface area contributed by atoms with Gasteiger partial charge in [-0.3, -0.25) is 0 Å². The quantitative estimate of drug-likeness (QED) is 0.375. The highest BCUT2D eigenvalue weighted by Crippen LogP contribution is 2.10. The van der Waals surface area contributed by atoms with E-state index in [0.717, 1.165) is 0 Å². The van der Waals surface area contributed by atoms with Crippen molar-refractivity contribution in [2.75, 3.05) is 12.4 Å². The van der Waals surface area contributed by atoms with E-state index in [0.29, 0.717) is 10.8 Å². The van der Waals surface area contributed by atoms with Gasteiger partial charge in [-0.2, -0.15) is 5.26 Å². The van der Waals surface area contributed by atoms with Crippen molar-refractivity contribution in [3.8, 4) is 6.07 Å². The highest BCUT2D eigenvalue weighted by Gasteiger charge is 2.07. The van der Waals surface area contributed by atoms with Gasteiger partial charge in [0.15, 0.2) is 5.57 Å². The number of hydrogen-bond donors (Lipinski definition) is 1. The fourth-order valence-electron chi connectivity index (χ4n) is 0.864. The number of halogens is 1. The fraction of sp³-hybridized carbons (Fsp3) is 0.100. The molecule has 0 aliphatic heterocycles. The number of methoxy groups -OCH3 is 1. The third kappa shape index (κ3) is 3.26. The summed E-state index contributed by atoms with van der Waals surface area (Å²) in [6, 6.07) is 4.96. The minimum Gasteiger partial charge on any atom is -0.465 e. The first kappa shape index (κ1) is 12.0. The summed E-state index contributed by atoms with van der Waals surface area (Å²) in [5.41, 5.74) is 0.485. The molecule has 16 heavy (non-hydrogen) atoms. The summed E-state index contributed by atoms with van der Waals surface area (Å²) in [5.74, 6) is -0.697. The molecule has 6 heteroatoms. The number of esters is 1. The summed E-state index contributed by atoms with van der Waals surface area (Å²) in [7, 11) is 1.21. The van der Waals surface area contributed by atoms with Gasteiger partial charge < -0.3 is 10.1 Å². The second-order valence-corrected chi connectivity index (χ2v) is 3.06. The highest BCUT2D eigenvalue weighted by atomic mass is 35.5. The van der Waals surface area contributed by atoms with Crippen molar-refractivity contribution in [3.63, 3.8) is 0 Å². The van der Waals surface area contributed by atoms with Crippen LogP contribution in [0.5, 0.6) is 0 Å². The number of aromatic nitrogens is 1. The first-order valence-corrected chi connectivity index (χ1v) is 4.62. The zero-order valence-corrected chi connectivity index (χ0v) is 9.15. The Morgan fingerprint density at radius 1 is 1.69 bits per heavy atom. The molecular weight excluding hydrogens is 230 g/mol. The van der Waals surface area contributed by atoms with E-state index in [-0.39, 0.29) is 5.57 Å². The number of ether oxygens (including phenoxy) is 1. The highest BCUT2D eigenvalue weighted by molar-refractivity contribution is 6.29. The summed E-state index contributed by atoms with van der Waals surface area (Å²) in [6.07, 6.45) is 2.72. The average molecular weight is 238 g/mol. The van der Waals surface area contributed by atoms with Crippen LogP contribution >= 0.6 is 11.6 Å². The summed E-state index contributed by atoms with van der Waals surface area (Å²) in [6.45, 7) is 0. The lowest BCUT2D eigenvalue weighted by atomic mass is 10.3. The molecule has 1 rings (SSSR count). The van der Waals surface area contributed by atoms with Crippen LogP contribution < -0.4 is 5.32 Å². The standard InChI is InChI=1S/C10H8ClN3O2/c1-16-10(15)7(4-12)5-13-8-2-3-9(11)14-6-8/h2-3,5-6,13H,1H3/b7-5+. The molecule has 1 aromatic rings. The Balaban J connectivity index is 2.75. The van der Waals surface area contributed by atoms with Gasteiger partial charge in [0, 0.05) is 6.20 Å². The van der Waals surface area contributed by atoms with E-state index in [1.165, 1.54) is 19.5 Å². The Morgan fingerprint density at radius 2 is 2.44 bits per heavy atom. The number of carbonyl (C=O) groups excluding carboxylic acids is 1. The second-order valence-electron chi connectivity index (χ2n) is 2.68. The van der Waals surface area contributed by atoms with Gasteiger partial charge in [-0.15, -0.1) is 0 Å². The zero-order valence-electron chi connectivity index (χ0n) is 8.40. The maximum atomic E-state index is 11.0. The number of nitrogens with zero attached hydrogens (tertiary/aromatic N) is 2. The summed E-state index contributed by atoms with van der Waals surface area (Å²) >= 11 is 5.59. The molecule has 0 amide bonds. The zero-order chi connectivity index (χ0) is 12.0. The molecule has 82 valence electrons. The first-order valence-electron chi connectivity index (χ1n) is 4.24. The Labute approximate surface area is 97.3 Å². The van der Waals surface area contributed by atoms with Gasteiger partial charge >= 0.3 is 5.97 Å². The molecule has 0 bridgehead atoms. The minimum absolute atomic E-state index is 0.127. The Morgan fingerprint density at radius 3 is 2.94 bits per heavy atom. The van der Waals surface area contributed by atoms with Crippen LogP contribution in [0.25, 0.3) is 0 Å². The molecule has 0 aliphatic carbocycles. The van der Waals surface area contributed by atoms with Crippen LogP contribution in [0.3, 0.4) is 0 Å². The molecular formula is C10H8ClN3O2. The molecule has 0 aliphatic rings. The molecule has 0 fully saturated rings. The van der Waals surface area contributed by atoms with E-state index in [1.807, 2.05) is 0 Å². The van der Waals surface area contributed by atoms with Crippen LogP contribution in [0, 0.1) is 11.3 Å². The molecule has 0 atom stereocenters. The SMILES string of the molecule is COC(=O)/C(C#N)=C/Nc1ccc(Cl)nc1. The van der Waals surface area contributed by atoms with Crippen molar-refractivity contribution in [1.82, 2.24) is 4.98 Å². The summed E-state index contributed by atoms with van der Waals surface area (Å²) in [5, 5.41) is 11.7. The van der Waals surface area contributed by atoms with Crippen molar-refractivity contribution >= 4 is 23.3 Å². The maximum Gasteiger partial charge on any atom is 0.350 e. The van der Waals surface area contributed by atoms with Crippen LogP contribution in [-0.2, 0) is 9.53 Å². The topological polar surface area (TPSA) is 75.0 Å². The van der Waals surface area contributed by atoms with Crippen molar-refractivity contribution in [1.29, 1.82) is 5.26 Å². The van der Waals surface area contributed by atoms with E-state index < -0.39 is 5.97 Å². The second kappa shape index (κ2) is 5.73. The maximum absolute atomic E-state index is 11.0. The van der Waals surface area contributed by atoms with E-state index in [2.05, 4.69) is 15.0 Å². The molecule has 0 spiro atoms. The van der Waals surface area contributed by atoms with E-state index in [9.17, 15) is 4.79 Å². The largest absolute Gasteiger partial charge is 0.465 e. The van der Waals surface area contributed by atoms with Gasteiger partial charge in [0.1, 0.15) is 11.2 Å². The van der Waals surface area contributed by atoms with Crippen LogP contribution in [0.15, 0.2) is 30.1 Å². The van der Waals surface area contributed by atoms with Gasteiger partial charge in [0.25, 0.3) is 0 Å². The molecule has 0 saturated carbocycles. The first-order chi connectivity index (χ1) is 7.67. The number of hydrogen-bond acceptors (Lipinski definition) is 5. The minimum atomic E-state index is -0.697. The average Bonchev–Trinajstić information content (AvgIpc) is 2.31. The number of pyridine rings is 1. The van der Waals surface area contributed by atoms with Crippen molar-refractivity contribution in [2.24, 2.45) is 0 Å². The Bertz CT molecular complexity index is 448. The van der Waals surface area contributed by atoms with E-state index in [1.54, 1.807) is 18.2 Å². The Hall–Kier alpha value is -2.06. The van der Waals surface area contributed by atoms with Gasteiger partial charge in [0.05, 0.1) is 19.0 Å². The monoisotopic (exact) mass is 237 g/mol. The third-order valence-corrected chi connectivity index (χ3v) is 1.86. The number of anilines is 1. The smallest absolute Gasteiger partial charge is 0.350 e. The van der Waals surface area contributed by atoms with E-state index >= 15 is 0 Å². The molecule has 0 unspecified atom stereocenters. The van der Waals surface area contributed by atoms with Gasteiger partial charge in [-0.25, -0.2) is 9.78 Å². The number of nitrogens with one attached hydrogen (secondary N) is 1. The number of nitriles is 1. The molecule has 0 aromatic carbocycles. The van der Waals surface area contributed by atoms with Crippen LogP contribution in [0.4, 0.5) is 5.69 Å². The van der Waals surface area contributed by atoms with Gasteiger partial charge in [0.2, 0.25) is 0 Å². The summed E-state index contributed by atoms with van der Waals surface area (Å²) < 4.78 is 4.40. The normalized spacial score (nSPS) is 10.4. The number of rotatable bonds is 3. The van der Waals surface area contributed by atoms with Crippen molar-refractivity contribution < 1.29 is 9.53 Å². The Kier molecular flexibility index (Phi) is 4.30. The predicted octanol–water partition coefficient (Wildman–Crippen LogP) is 1.73. The molecule has 0 radical (unpaired) electrons. The van der Waals surface area contributed by atoms with E-state index in [4.69, 9.17) is 16.9 Å². The fourth-order valence-corrected chi connectivity index (χ4v) is 0.975. The van der Waals surface area contributed by atoms with Gasteiger partial charge in [-0.05, 0) is 12.1 Å². The van der Waals surface area contributed by atoms with Crippen LogP contribution in [-0.4, -0.2) is 18.1 Å². The van der Waals surface area contributed by atoms with Crippen LogP contribution in [0.2, 0.25) is 5.15 Å². The lowest BCUT2D eigenvalue weighted by Crippen LogP contribution is -2.05.